The van der Waals surface area contributed by atoms with Crippen molar-refractivity contribution in [3.63, 3.8) is 0 Å². The van der Waals surface area contributed by atoms with Crippen LogP contribution in [0.3, 0.4) is 0 Å². The molecule has 0 unspecified atom stereocenters. The van der Waals surface area contributed by atoms with Gasteiger partial charge in [0.25, 0.3) is 15.9 Å². The number of benzene rings is 2. The number of aromatic nitrogens is 1. The van der Waals surface area contributed by atoms with Crippen molar-refractivity contribution < 1.29 is 28.2 Å². The van der Waals surface area contributed by atoms with E-state index in [-0.39, 0.29) is 17.2 Å². The van der Waals surface area contributed by atoms with E-state index in [0.29, 0.717) is 12.4 Å². The molecule has 3 aromatic rings. The quantitative estimate of drug-likeness (QED) is 0.423. The molecule has 3 N–H and O–H groups in total. The maximum Gasteiger partial charge on any atom is 0.262 e. The number of ether oxygens (including phenoxy) is 1. The first kappa shape index (κ1) is 21.4. The molecule has 160 valence electrons. The van der Waals surface area contributed by atoms with Gasteiger partial charge in [0, 0.05) is 6.07 Å². The molecule has 0 atom stereocenters. The van der Waals surface area contributed by atoms with Crippen molar-refractivity contribution in [2.45, 2.75) is 31.3 Å². The SMILES string of the molecule is CCCCOc1ccc(S(=O)(=O)Nc2cc(O)n(OCc3ccccc3)c2O)cc1. The molecular formula is C21H24N2O6S. The second-order valence-corrected chi connectivity index (χ2v) is 8.25. The van der Waals surface area contributed by atoms with E-state index < -0.39 is 21.8 Å². The predicted octanol–water partition coefficient (Wildman–Crippen LogP) is 3.51. The molecule has 0 amide bonds. The van der Waals surface area contributed by atoms with E-state index >= 15 is 0 Å². The lowest BCUT2D eigenvalue weighted by molar-refractivity contribution is 0.0647. The van der Waals surface area contributed by atoms with Crippen molar-refractivity contribution in [1.82, 2.24) is 4.73 Å². The van der Waals surface area contributed by atoms with Crippen LogP contribution < -0.4 is 14.3 Å². The molecule has 1 heterocycles. The van der Waals surface area contributed by atoms with Crippen LogP contribution in [0.5, 0.6) is 17.5 Å². The molecule has 0 bridgehead atoms. The van der Waals surface area contributed by atoms with Crippen molar-refractivity contribution in [2.24, 2.45) is 0 Å². The van der Waals surface area contributed by atoms with Crippen LogP contribution in [0, 0.1) is 0 Å². The molecule has 30 heavy (non-hydrogen) atoms. The maximum absolute atomic E-state index is 12.6. The normalized spacial score (nSPS) is 11.2. The zero-order valence-electron chi connectivity index (χ0n) is 16.5. The van der Waals surface area contributed by atoms with Gasteiger partial charge in [0.15, 0.2) is 0 Å². The van der Waals surface area contributed by atoms with Crippen molar-refractivity contribution in [3.8, 4) is 17.5 Å². The largest absolute Gasteiger partial charge is 0.494 e. The fourth-order valence-electron chi connectivity index (χ4n) is 2.64. The summed E-state index contributed by atoms with van der Waals surface area (Å²) in [7, 11) is -3.99. The van der Waals surface area contributed by atoms with Crippen LogP contribution in [0.2, 0.25) is 0 Å². The van der Waals surface area contributed by atoms with Gasteiger partial charge in [0.2, 0.25) is 5.88 Å². The van der Waals surface area contributed by atoms with Gasteiger partial charge >= 0.3 is 0 Å². The van der Waals surface area contributed by atoms with Crippen LogP contribution in [0.25, 0.3) is 0 Å². The maximum atomic E-state index is 12.6. The summed E-state index contributed by atoms with van der Waals surface area (Å²) in [6.07, 6.45) is 1.91. The second kappa shape index (κ2) is 9.45. The molecule has 0 aliphatic heterocycles. The molecule has 0 aliphatic rings. The minimum Gasteiger partial charge on any atom is -0.494 e. The summed E-state index contributed by atoms with van der Waals surface area (Å²) < 4.78 is 33.8. The first-order valence-corrected chi connectivity index (χ1v) is 11.0. The van der Waals surface area contributed by atoms with Crippen molar-refractivity contribution in [1.29, 1.82) is 0 Å². The summed E-state index contributed by atoms with van der Waals surface area (Å²) in [5.74, 6) is -0.435. The molecule has 0 saturated heterocycles. The monoisotopic (exact) mass is 432 g/mol. The zero-order valence-corrected chi connectivity index (χ0v) is 17.3. The lowest BCUT2D eigenvalue weighted by Gasteiger charge is -2.10. The number of nitrogens with zero attached hydrogens (tertiary/aromatic N) is 1. The Balaban J connectivity index is 1.70. The third kappa shape index (κ3) is 5.18. The summed E-state index contributed by atoms with van der Waals surface area (Å²) >= 11 is 0. The fraction of sp³-hybridized carbons (Fsp3) is 0.238. The van der Waals surface area contributed by atoms with Gasteiger partial charge in [-0.1, -0.05) is 43.7 Å². The van der Waals surface area contributed by atoms with Crippen molar-refractivity contribution in [3.05, 3.63) is 66.2 Å². The Hall–Kier alpha value is -3.33. The van der Waals surface area contributed by atoms with Crippen LogP contribution in [-0.4, -0.2) is 30.0 Å². The summed E-state index contributed by atoms with van der Waals surface area (Å²) in [5, 5.41) is 20.3. The van der Waals surface area contributed by atoms with Gasteiger partial charge in [0.1, 0.15) is 18.0 Å². The van der Waals surface area contributed by atoms with E-state index in [9.17, 15) is 18.6 Å². The molecule has 1 aromatic heterocycles. The Morgan fingerprint density at radius 2 is 1.73 bits per heavy atom. The van der Waals surface area contributed by atoms with E-state index in [4.69, 9.17) is 9.57 Å². The van der Waals surface area contributed by atoms with E-state index in [1.165, 1.54) is 12.1 Å². The Bertz CT molecular complexity index is 1060. The average molecular weight is 432 g/mol. The van der Waals surface area contributed by atoms with Gasteiger partial charge in [-0.25, -0.2) is 8.42 Å². The van der Waals surface area contributed by atoms with Crippen molar-refractivity contribution >= 4 is 15.7 Å². The summed E-state index contributed by atoms with van der Waals surface area (Å²) in [5.41, 5.74) is 0.609. The van der Waals surface area contributed by atoms with Gasteiger partial charge in [-0.15, -0.1) is 4.73 Å². The predicted molar refractivity (Wildman–Crippen MR) is 112 cm³/mol. The zero-order chi connectivity index (χ0) is 21.6. The highest BCUT2D eigenvalue weighted by atomic mass is 32.2. The van der Waals surface area contributed by atoms with Gasteiger partial charge in [-0.2, -0.15) is 0 Å². The number of anilines is 1. The van der Waals surface area contributed by atoms with E-state index in [1.807, 2.05) is 30.3 Å². The minimum absolute atomic E-state index is 0.0119. The average Bonchev–Trinajstić information content (AvgIpc) is 3.00. The Morgan fingerprint density at radius 3 is 2.40 bits per heavy atom. The number of hydrogen-bond acceptors (Lipinski definition) is 6. The third-order valence-electron chi connectivity index (χ3n) is 4.26. The molecule has 0 spiro atoms. The molecular weight excluding hydrogens is 408 g/mol. The Morgan fingerprint density at radius 1 is 1.03 bits per heavy atom. The number of rotatable bonds is 10. The lowest BCUT2D eigenvalue weighted by atomic mass is 10.2. The lowest BCUT2D eigenvalue weighted by Crippen LogP contribution is -2.14. The summed E-state index contributed by atoms with van der Waals surface area (Å²) in [6, 6.07) is 16.2. The highest BCUT2D eigenvalue weighted by Crippen LogP contribution is 2.33. The van der Waals surface area contributed by atoms with E-state index in [0.717, 1.165) is 29.2 Å². The fourth-order valence-corrected chi connectivity index (χ4v) is 3.69. The summed E-state index contributed by atoms with van der Waals surface area (Å²) in [4.78, 5) is 5.37. The molecule has 2 aromatic carbocycles. The number of aromatic hydroxyl groups is 2. The Kier molecular flexibility index (Phi) is 6.73. The van der Waals surface area contributed by atoms with E-state index in [1.54, 1.807) is 12.1 Å². The third-order valence-corrected chi connectivity index (χ3v) is 5.64. The Labute approximate surface area is 175 Å². The standard InChI is InChI=1S/C21H24N2O6S/c1-2-3-13-28-17-9-11-18(12-10-17)30(26,27)22-19-14-20(24)23(21(19)25)29-15-16-7-5-4-6-8-16/h4-12,14,22,24-25H,2-3,13,15H2,1H3. The second-order valence-electron chi connectivity index (χ2n) is 6.57. The van der Waals surface area contributed by atoms with Crippen LogP contribution in [-0.2, 0) is 16.6 Å². The topological polar surface area (TPSA) is 110 Å². The molecule has 8 nitrogen and oxygen atoms in total. The molecule has 9 heteroatoms. The van der Waals surface area contributed by atoms with Crippen LogP contribution in [0.1, 0.15) is 25.3 Å². The highest BCUT2D eigenvalue weighted by molar-refractivity contribution is 7.92. The first-order valence-electron chi connectivity index (χ1n) is 9.47. The number of hydrogen-bond donors (Lipinski definition) is 3. The molecule has 0 radical (unpaired) electrons. The van der Waals surface area contributed by atoms with Crippen LogP contribution in [0.15, 0.2) is 65.6 Å². The van der Waals surface area contributed by atoms with Crippen LogP contribution in [0.4, 0.5) is 5.69 Å². The van der Waals surface area contributed by atoms with Gasteiger partial charge in [-0.3, -0.25) is 4.72 Å². The summed E-state index contributed by atoms with van der Waals surface area (Å²) in [6.45, 7) is 2.69. The van der Waals surface area contributed by atoms with Crippen molar-refractivity contribution in [2.75, 3.05) is 11.3 Å². The minimum atomic E-state index is -3.99. The van der Waals surface area contributed by atoms with Gasteiger partial charge < -0.3 is 19.8 Å². The molecule has 0 saturated carbocycles. The number of nitrogens with one attached hydrogen (secondary N) is 1. The molecule has 0 aliphatic carbocycles. The highest BCUT2D eigenvalue weighted by Gasteiger charge is 2.22. The van der Waals surface area contributed by atoms with Gasteiger partial charge in [-0.05, 0) is 36.2 Å². The number of unbranched alkanes of at least 4 members (excludes halogenated alkanes) is 1. The smallest absolute Gasteiger partial charge is 0.262 e. The van der Waals surface area contributed by atoms with Crippen LogP contribution >= 0.6 is 0 Å². The van der Waals surface area contributed by atoms with Gasteiger partial charge in [0.05, 0.1) is 11.5 Å². The molecule has 0 fully saturated rings. The number of sulfonamides is 1. The first-order chi connectivity index (χ1) is 14.4. The molecule has 3 rings (SSSR count). The van der Waals surface area contributed by atoms with E-state index in [2.05, 4.69) is 11.6 Å².